The number of anilines is 1. The Bertz CT molecular complexity index is 1920. The zero-order valence-corrected chi connectivity index (χ0v) is 24.5. The number of Topliss-reactive ketones (excluding diaryl/α,β-unsaturated/α-hetero) is 2. The van der Waals surface area contributed by atoms with Gasteiger partial charge in [0, 0.05) is 35.1 Å². The highest BCUT2D eigenvalue weighted by atomic mass is 16.6. The Morgan fingerprint density at radius 3 is 2.40 bits per heavy atom. The van der Waals surface area contributed by atoms with Crippen LogP contribution < -0.4 is 10.1 Å². The second kappa shape index (κ2) is 10.6. The molecule has 9 heteroatoms. The number of nitro groups is 1. The highest BCUT2D eigenvalue weighted by Crippen LogP contribution is 2.62. The van der Waals surface area contributed by atoms with Crippen molar-refractivity contribution >= 4 is 34.9 Å². The number of carbonyl (C=O) groups is 3. The summed E-state index contributed by atoms with van der Waals surface area (Å²) in [5.74, 6) is -1.85. The average Bonchev–Trinajstić information content (AvgIpc) is 3.52. The molecule has 1 N–H and O–H groups in total. The third kappa shape index (κ3) is 4.26. The maximum absolute atomic E-state index is 14.9. The van der Waals surface area contributed by atoms with E-state index in [1.165, 1.54) is 24.3 Å². The molecule has 0 aliphatic carbocycles. The van der Waals surface area contributed by atoms with Crippen molar-refractivity contribution in [2.75, 3.05) is 5.32 Å². The molecule has 1 fully saturated rings. The van der Waals surface area contributed by atoms with E-state index in [1.54, 1.807) is 36.5 Å². The number of nitro benzene ring substituents is 1. The molecule has 0 bridgehead atoms. The van der Waals surface area contributed by atoms with Crippen molar-refractivity contribution in [3.8, 4) is 5.75 Å². The Labute approximate surface area is 259 Å². The number of ketones is 2. The molecule has 4 aromatic rings. The van der Waals surface area contributed by atoms with E-state index in [0.29, 0.717) is 22.6 Å². The fourth-order valence-corrected chi connectivity index (χ4v) is 7.26. The number of hydrogen-bond donors (Lipinski definition) is 1. The van der Waals surface area contributed by atoms with Gasteiger partial charge in [-0.25, -0.2) is 0 Å². The number of para-hydroxylation sites is 1. The van der Waals surface area contributed by atoms with Gasteiger partial charge in [0.25, 0.3) is 5.69 Å². The van der Waals surface area contributed by atoms with Crippen LogP contribution in [0.15, 0.2) is 103 Å². The molecule has 1 amide bonds. The van der Waals surface area contributed by atoms with E-state index in [2.05, 4.69) is 5.32 Å². The molecule has 4 atom stereocenters. The van der Waals surface area contributed by atoms with Crippen LogP contribution in [0.1, 0.15) is 57.3 Å². The largest absolute Gasteiger partial charge is 0.491 e. The number of benzene rings is 4. The molecule has 1 saturated heterocycles. The second-order valence-electron chi connectivity index (χ2n) is 11.8. The van der Waals surface area contributed by atoms with Crippen molar-refractivity contribution in [3.05, 3.63) is 141 Å². The lowest BCUT2D eigenvalue weighted by Gasteiger charge is -2.38. The van der Waals surface area contributed by atoms with Gasteiger partial charge in [0.2, 0.25) is 5.91 Å². The van der Waals surface area contributed by atoms with E-state index < -0.39 is 34.1 Å². The van der Waals surface area contributed by atoms with Gasteiger partial charge in [-0.05, 0) is 66.9 Å². The minimum absolute atomic E-state index is 0.0666. The molecule has 0 saturated carbocycles. The van der Waals surface area contributed by atoms with Crippen molar-refractivity contribution in [2.24, 2.45) is 5.92 Å². The van der Waals surface area contributed by atoms with Gasteiger partial charge < -0.3 is 15.0 Å². The zero-order valence-electron chi connectivity index (χ0n) is 24.5. The minimum atomic E-state index is -1.50. The van der Waals surface area contributed by atoms with Crippen LogP contribution in [0, 0.1) is 16.0 Å². The Balaban J connectivity index is 1.48. The third-order valence-electron chi connectivity index (χ3n) is 8.97. The number of non-ortho nitro benzene ring substituents is 1. The van der Waals surface area contributed by atoms with Gasteiger partial charge in [-0.2, -0.15) is 0 Å². The fraction of sp³-hybridized carbons (Fsp3) is 0.194. The summed E-state index contributed by atoms with van der Waals surface area (Å²) in [6.07, 6.45) is 3.58. The first kappa shape index (κ1) is 28.2. The van der Waals surface area contributed by atoms with Crippen molar-refractivity contribution in [2.45, 2.75) is 37.5 Å². The maximum atomic E-state index is 14.9. The molecular weight excluding hydrogens is 570 g/mol. The minimum Gasteiger partial charge on any atom is -0.491 e. The molecule has 9 nitrogen and oxygen atoms in total. The lowest BCUT2D eigenvalue weighted by molar-refractivity contribution is -0.384. The number of ether oxygens (including phenoxy) is 1. The van der Waals surface area contributed by atoms with Crippen molar-refractivity contribution in [1.29, 1.82) is 0 Å². The lowest BCUT2D eigenvalue weighted by Crippen LogP contribution is -2.49. The first-order valence-electron chi connectivity index (χ1n) is 14.8. The van der Waals surface area contributed by atoms with Gasteiger partial charge in [-0.3, -0.25) is 24.5 Å². The zero-order chi connectivity index (χ0) is 31.5. The van der Waals surface area contributed by atoms with E-state index in [1.807, 2.05) is 67.3 Å². The van der Waals surface area contributed by atoms with Crippen LogP contribution in [-0.2, 0) is 10.2 Å². The van der Waals surface area contributed by atoms with Gasteiger partial charge in [0.05, 0.1) is 23.0 Å². The number of hydrogen-bond acceptors (Lipinski definition) is 7. The summed E-state index contributed by atoms with van der Waals surface area (Å²) < 4.78 is 5.79. The summed E-state index contributed by atoms with van der Waals surface area (Å²) in [5.41, 5.74) is 1.56. The normalized spacial score (nSPS) is 22.5. The Kier molecular flexibility index (Phi) is 6.62. The summed E-state index contributed by atoms with van der Waals surface area (Å²) in [6, 6.07) is 25.3. The van der Waals surface area contributed by atoms with Crippen LogP contribution >= 0.6 is 0 Å². The fourth-order valence-electron chi connectivity index (χ4n) is 7.26. The second-order valence-corrected chi connectivity index (χ2v) is 11.8. The van der Waals surface area contributed by atoms with Crippen molar-refractivity contribution < 1.29 is 24.0 Å². The molecule has 0 unspecified atom stereocenters. The lowest BCUT2D eigenvalue weighted by atomic mass is 9.62. The quantitative estimate of drug-likeness (QED) is 0.149. The van der Waals surface area contributed by atoms with Crippen LogP contribution in [-0.4, -0.2) is 39.4 Å². The SMILES string of the molecule is CC(C)Oc1ccc(C(=O)[C@@H]2[C@H](C(=O)c3cccc([N+](=O)[O-])c3)N3C=Cc4ccccc4[C@@H]3[C@]23C(=O)Nc2ccccc23)cc1. The predicted molar refractivity (Wildman–Crippen MR) is 168 cm³/mol. The smallest absolute Gasteiger partial charge is 0.270 e. The first-order chi connectivity index (χ1) is 21.7. The summed E-state index contributed by atoms with van der Waals surface area (Å²) in [6.45, 7) is 3.81. The molecule has 7 rings (SSSR count). The van der Waals surface area contributed by atoms with Crippen LogP contribution in [0.2, 0.25) is 0 Å². The van der Waals surface area contributed by atoms with Crippen molar-refractivity contribution in [3.63, 3.8) is 0 Å². The molecule has 4 aromatic carbocycles. The van der Waals surface area contributed by atoms with Gasteiger partial charge in [0.1, 0.15) is 17.2 Å². The number of carbonyl (C=O) groups excluding carboxylic acids is 3. The standard InChI is InChI=1S/C36H29N3O6/c1-21(2)45-26-16-14-23(15-17-26)32(40)30-31(33(41)24-9-7-10-25(20-24)39(43)44)38-19-18-22-8-3-4-11-27(22)34(38)36(30)28-12-5-6-13-29(28)37-35(36)42/h3-21,30-31,34H,1-2H3,(H,37,42)/t30-,31+,34+,36+/m0/s1. The van der Waals surface area contributed by atoms with Gasteiger partial charge in [0.15, 0.2) is 11.6 Å². The molecule has 3 heterocycles. The summed E-state index contributed by atoms with van der Waals surface area (Å²) in [5, 5.41) is 14.7. The first-order valence-corrected chi connectivity index (χ1v) is 14.8. The molecule has 1 spiro atoms. The summed E-state index contributed by atoms with van der Waals surface area (Å²) in [4.78, 5) is 57.1. The number of nitrogens with one attached hydrogen (secondary N) is 1. The van der Waals surface area contributed by atoms with Crippen LogP contribution in [0.25, 0.3) is 6.08 Å². The van der Waals surface area contributed by atoms with Crippen LogP contribution in [0.5, 0.6) is 5.75 Å². The summed E-state index contributed by atoms with van der Waals surface area (Å²) in [7, 11) is 0. The molecule has 3 aliphatic rings. The highest BCUT2D eigenvalue weighted by Gasteiger charge is 2.70. The van der Waals surface area contributed by atoms with Crippen LogP contribution in [0.3, 0.4) is 0 Å². The van der Waals surface area contributed by atoms with E-state index >= 15 is 0 Å². The maximum Gasteiger partial charge on any atom is 0.270 e. The van der Waals surface area contributed by atoms with Crippen molar-refractivity contribution in [1.82, 2.24) is 4.90 Å². The number of rotatable bonds is 7. The number of amides is 1. The molecule has 45 heavy (non-hydrogen) atoms. The Morgan fingerprint density at radius 1 is 0.911 bits per heavy atom. The highest BCUT2D eigenvalue weighted by molar-refractivity contribution is 6.16. The Hall–Kier alpha value is -5.57. The monoisotopic (exact) mass is 599 g/mol. The molecule has 0 aromatic heterocycles. The topological polar surface area (TPSA) is 119 Å². The van der Waals surface area contributed by atoms with Gasteiger partial charge in [-0.1, -0.05) is 54.6 Å². The van der Waals surface area contributed by atoms with E-state index in [0.717, 1.165) is 11.1 Å². The average molecular weight is 600 g/mol. The molecule has 224 valence electrons. The van der Waals surface area contributed by atoms with Crippen LogP contribution in [0.4, 0.5) is 11.4 Å². The van der Waals surface area contributed by atoms with E-state index in [9.17, 15) is 24.5 Å². The predicted octanol–water partition coefficient (Wildman–Crippen LogP) is 6.36. The Morgan fingerprint density at radius 2 is 1.64 bits per heavy atom. The third-order valence-corrected chi connectivity index (χ3v) is 8.97. The molecular formula is C36H29N3O6. The van der Waals surface area contributed by atoms with Gasteiger partial charge in [-0.15, -0.1) is 0 Å². The number of nitrogens with zero attached hydrogens (tertiary/aromatic N) is 2. The molecule has 3 aliphatic heterocycles. The summed E-state index contributed by atoms with van der Waals surface area (Å²) >= 11 is 0. The van der Waals surface area contributed by atoms with E-state index in [4.69, 9.17) is 4.74 Å². The molecule has 0 radical (unpaired) electrons. The van der Waals surface area contributed by atoms with E-state index in [-0.39, 0.29) is 29.0 Å². The van der Waals surface area contributed by atoms with Gasteiger partial charge >= 0.3 is 0 Å². The number of fused-ring (bicyclic) bond motifs is 6.